The molecule has 0 heterocycles. The van der Waals surface area contributed by atoms with Gasteiger partial charge in [-0.1, -0.05) is 221 Å². The highest BCUT2D eigenvalue weighted by Crippen LogP contribution is 2.44. The average Bonchev–Trinajstić information content (AvgIpc) is 3.73. The Morgan fingerprint density at radius 2 is 1.18 bits per heavy atom. The highest BCUT2D eigenvalue weighted by molar-refractivity contribution is 5.83. The number of carbonyl (C=O) groups excluding carboxylic acids is 3. The summed E-state index contributed by atoms with van der Waals surface area (Å²) in [5.74, 6) is 1.67. The number of unbranched alkanes of at least 4 members (excludes halogenated alkanes) is 13. The second kappa shape index (κ2) is 33.5. The molecule has 9 nitrogen and oxygen atoms in total. The second-order valence-electron chi connectivity index (χ2n) is 21.0. The first-order valence-electron chi connectivity index (χ1n) is 28.9. The number of ether oxygens (including phenoxy) is 3. The maximum absolute atomic E-state index is 13.9. The van der Waals surface area contributed by atoms with Crippen LogP contribution in [0.15, 0.2) is 91.0 Å². The molecule has 1 saturated carbocycles. The number of fused-ring (bicyclic) bond motifs is 3. The zero-order chi connectivity index (χ0) is 51.1. The summed E-state index contributed by atoms with van der Waals surface area (Å²) in [5, 5.41) is 5.85. The summed E-state index contributed by atoms with van der Waals surface area (Å²) >= 11 is 0. The first kappa shape index (κ1) is 57.0. The molecule has 2 aliphatic carbocycles. The van der Waals surface area contributed by atoms with Crippen LogP contribution in [0.3, 0.4) is 0 Å². The van der Waals surface area contributed by atoms with Gasteiger partial charge in [0, 0.05) is 43.6 Å². The summed E-state index contributed by atoms with van der Waals surface area (Å²) in [5.41, 5.74) is 8.03. The van der Waals surface area contributed by atoms with Gasteiger partial charge >= 0.3 is 6.09 Å². The van der Waals surface area contributed by atoms with Gasteiger partial charge in [-0.15, -0.1) is 0 Å². The molecule has 0 bridgehead atoms. The summed E-state index contributed by atoms with van der Waals surface area (Å²) in [4.78, 5) is 41.7. The summed E-state index contributed by atoms with van der Waals surface area (Å²) < 4.78 is 17.7. The molecule has 9 heteroatoms. The number of amides is 3. The fraction of sp³-hybridized carbons (Fsp3) is 0.578. The third-order valence-electron chi connectivity index (χ3n) is 15.3. The minimum Gasteiger partial charge on any atom is -0.496 e. The maximum atomic E-state index is 13.9. The quantitative estimate of drug-likeness (QED) is 0.0504. The van der Waals surface area contributed by atoms with Crippen molar-refractivity contribution in [2.45, 2.75) is 205 Å². The molecule has 4 aromatic rings. The van der Waals surface area contributed by atoms with Gasteiger partial charge in [0.2, 0.25) is 11.8 Å². The van der Waals surface area contributed by atoms with E-state index >= 15 is 0 Å². The van der Waals surface area contributed by atoms with E-state index < -0.39 is 6.09 Å². The molecule has 2 aliphatic rings. The Morgan fingerprint density at radius 3 is 1.77 bits per heavy atom. The fourth-order valence-corrected chi connectivity index (χ4v) is 11.0. The van der Waals surface area contributed by atoms with Gasteiger partial charge in [0.1, 0.15) is 24.7 Å². The van der Waals surface area contributed by atoms with Crippen molar-refractivity contribution >= 4 is 17.9 Å². The summed E-state index contributed by atoms with van der Waals surface area (Å²) in [6, 6.07) is 31.1. The van der Waals surface area contributed by atoms with Crippen LogP contribution in [0, 0.1) is 0 Å². The Kier molecular flexibility index (Phi) is 26.1. The lowest BCUT2D eigenvalue weighted by Crippen LogP contribution is -2.40. The number of hydrogen-bond acceptors (Lipinski definition) is 6. The predicted octanol–water partition coefficient (Wildman–Crippen LogP) is 15.9. The second-order valence-corrected chi connectivity index (χ2v) is 21.0. The van der Waals surface area contributed by atoms with E-state index in [0.29, 0.717) is 56.5 Å². The molecule has 0 spiro atoms. The molecule has 4 aromatic carbocycles. The van der Waals surface area contributed by atoms with Crippen molar-refractivity contribution in [3.63, 3.8) is 0 Å². The van der Waals surface area contributed by atoms with Crippen LogP contribution < -0.4 is 20.1 Å². The molecular weight excluding hydrogens is 907 g/mol. The lowest BCUT2D eigenvalue weighted by Gasteiger charge is -2.24. The lowest BCUT2D eigenvalue weighted by atomic mass is 9.87. The Bertz CT molecular complexity index is 2150. The van der Waals surface area contributed by atoms with Gasteiger partial charge in [0.25, 0.3) is 0 Å². The van der Waals surface area contributed by atoms with Crippen LogP contribution in [0.25, 0.3) is 11.1 Å². The van der Waals surface area contributed by atoms with Crippen LogP contribution >= 0.6 is 0 Å². The molecule has 1 fully saturated rings. The Balaban J connectivity index is 0.938. The smallest absolute Gasteiger partial charge is 0.407 e. The minimum atomic E-state index is -0.607. The van der Waals surface area contributed by atoms with Crippen molar-refractivity contribution in [1.82, 2.24) is 15.5 Å². The minimum absolute atomic E-state index is 0.0107. The Hall–Kier alpha value is -5.31. The molecular formula is C64H91N3O6. The number of carbonyl (C=O) groups is 3. The van der Waals surface area contributed by atoms with Crippen LogP contribution in [0.5, 0.6) is 11.5 Å². The van der Waals surface area contributed by atoms with E-state index in [4.69, 9.17) is 14.2 Å². The predicted molar refractivity (Wildman–Crippen MR) is 298 cm³/mol. The summed E-state index contributed by atoms with van der Waals surface area (Å²) in [6.45, 7) is 4.09. The van der Waals surface area contributed by atoms with Crippen molar-refractivity contribution in [1.29, 1.82) is 0 Å². The van der Waals surface area contributed by atoms with Crippen LogP contribution in [0.1, 0.15) is 220 Å². The number of nitrogens with zero attached hydrogens (tertiary/aromatic N) is 1. The van der Waals surface area contributed by atoms with Gasteiger partial charge in [0.05, 0.1) is 13.7 Å². The van der Waals surface area contributed by atoms with Gasteiger partial charge in [-0.25, -0.2) is 4.79 Å². The van der Waals surface area contributed by atoms with E-state index in [9.17, 15) is 14.4 Å². The van der Waals surface area contributed by atoms with Crippen LogP contribution in [0.2, 0.25) is 0 Å². The van der Waals surface area contributed by atoms with E-state index in [2.05, 4.69) is 66.1 Å². The number of methoxy groups -OCH3 is 1. The first-order valence-corrected chi connectivity index (χ1v) is 28.9. The Morgan fingerprint density at radius 1 is 0.616 bits per heavy atom. The molecule has 0 atom stereocenters. The molecule has 0 radical (unpaired) electrons. The van der Waals surface area contributed by atoms with Crippen molar-refractivity contribution < 1.29 is 28.6 Å². The van der Waals surface area contributed by atoms with Crippen molar-refractivity contribution in [2.24, 2.45) is 0 Å². The summed E-state index contributed by atoms with van der Waals surface area (Å²) in [7, 11) is 1.63. The fourth-order valence-electron chi connectivity index (χ4n) is 11.0. The SMILES string of the molecule is CCCCCCCCCCCCCCCCN(Cc1ccc(OCCCC(=O)NCc2ccc(C3CCCCCCCCCCC3)cc2)cc1OC)C(=O)CNC(=O)OCC1c2ccccc2-c2ccccc21. The number of hydrogen-bond donors (Lipinski definition) is 2. The number of nitrogens with one attached hydrogen (secondary N) is 2. The number of benzene rings is 4. The van der Waals surface area contributed by atoms with Gasteiger partial charge in [0.15, 0.2) is 0 Å². The van der Waals surface area contributed by atoms with Gasteiger partial charge < -0.3 is 29.7 Å². The Labute approximate surface area is 440 Å². The first-order chi connectivity index (χ1) is 35.9. The van der Waals surface area contributed by atoms with E-state index in [1.165, 1.54) is 158 Å². The highest BCUT2D eigenvalue weighted by atomic mass is 16.5. The normalized spacial score (nSPS) is 14.3. The third-order valence-corrected chi connectivity index (χ3v) is 15.3. The largest absolute Gasteiger partial charge is 0.496 e. The molecule has 3 amide bonds. The van der Waals surface area contributed by atoms with Crippen molar-refractivity contribution in [3.8, 4) is 22.6 Å². The van der Waals surface area contributed by atoms with Crippen LogP contribution in [0.4, 0.5) is 4.79 Å². The zero-order valence-electron chi connectivity index (χ0n) is 45.0. The van der Waals surface area contributed by atoms with Crippen LogP contribution in [-0.4, -0.2) is 56.2 Å². The molecule has 0 aliphatic heterocycles. The van der Waals surface area contributed by atoms with E-state index in [-0.39, 0.29) is 30.9 Å². The average molecular weight is 998 g/mol. The van der Waals surface area contributed by atoms with Crippen molar-refractivity contribution in [2.75, 3.05) is 33.4 Å². The molecule has 0 saturated heterocycles. The van der Waals surface area contributed by atoms with Crippen molar-refractivity contribution in [3.05, 3.63) is 119 Å². The van der Waals surface area contributed by atoms with E-state index in [1.54, 1.807) is 7.11 Å². The highest BCUT2D eigenvalue weighted by Gasteiger charge is 2.29. The summed E-state index contributed by atoms with van der Waals surface area (Å²) in [6.07, 6.45) is 32.8. The molecule has 73 heavy (non-hydrogen) atoms. The monoisotopic (exact) mass is 998 g/mol. The third kappa shape index (κ3) is 20.1. The number of rotatable bonds is 30. The molecule has 0 aromatic heterocycles. The van der Waals surface area contributed by atoms with E-state index in [0.717, 1.165) is 41.5 Å². The van der Waals surface area contributed by atoms with Gasteiger partial charge in [-0.05, 0) is 77.1 Å². The molecule has 2 N–H and O–H groups in total. The van der Waals surface area contributed by atoms with Crippen LogP contribution in [-0.2, 0) is 27.4 Å². The zero-order valence-corrected chi connectivity index (χ0v) is 45.0. The van der Waals surface area contributed by atoms with Gasteiger partial charge in [-0.2, -0.15) is 0 Å². The maximum Gasteiger partial charge on any atom is 0.407 e. The topological polar surface area (TPSA) is 106 Å². The van der Waals surface area contributed by atoms with E-state index in [1.807, 2.05) is 47.4 Å². The molecule has 398 valence electrons. The molecule has 0 unspecified atom stereocenters. The standard InChI is InChI=1S/C64H91N3O6/c1-3-4-5-6-7-8-9-10-11-12-16-19-22-29-44-67(63(69)48-66-64(70)73-50-60-58-35-27-25-33-56(58)57-34-26-28-36-59(57)60)49-54-42-43-55(46-61(54)71-2)72-45-30-37-62(68)65-47-51-38-40-53(41-39-51)52-31-23-20-17-14-13-15-18-21-24-32-52/h25-28,33-36,38-43,46,52,60H,3-24,29-32,37,44-45,47-50H2,1-2H3,(H,65,68)(H,66,70). The van der Waals surface area contributed by atoms with Gasteiger partial charge in [-0.3, -0.25) is 9.59 Å². The number of alkyl carbamates (subject to hydrolysis) is 1. The lowest BCUT2D eigenvalue weighted by molar-refractivity contribution is -0.131. The molecule has 6 rings (SSSR count).